The lowest BCUT2D eigenvalue weighted by molar-refractivity contribution is 1.26. The number of pyridine rings is 2. The Kier molecular flexibility index (Phi) is 1.76. The van der Waals surface area contributed by atoms with E-state index in [1.54, 1.807) is 11.3 Å². The molecule has 74 valence electrons. The molecule has 0 N–H and O–H groups in total. The van der Waals surface area contributed by atoms with Crippen LogP contribution in [0, 0.1) is 13.8 Å². The van der Waals surface area contributed by atoms with E-state index >= 15 is 0 Å². The van der Waals surface area contributed by atoms with Crippen LogP contribution in [0.25, 0.3) is 20.4 Å². The van der Waals surface area contributed by atoms with Crippen molar-refractivity contribution in [3.05, 3.63) is 35.7 Å². The summed E-state index contributed by atoms with van der Waals surface area (Å²) in [7, 11) is 0. The third-order valence-electron chi connectivity index (χ3n) is 2.43. The maximum Gasteiger partial charge on any atom is 0.108 e. The normalized spacial score (nSPS) is 11.3. The molecule has 0 amide bonds. The Hall–Kier alpha value is -1.48. The van der Waals surface area contributed by atoms with Gasteiger partial charge < -0.3 is 0 Å². The van der Waals surface area contributed by atoms with E-state index in [2.05, 4.69) is 29.0 Å². The average Bonchev–Trinajstić information content (AvgIpc) is 2.54. The molecule has 0 aromatic carbocycles. The third-order valence-corrected chi connectivity index (χ3v) is 3.51. The quantitative estimate of drug-likeness (QED) is 0.572. The summed E-state index contributed by atoms with van der Waals surface area (Å²) in [5.41, 5.74) is 4.31. The van der Waals surface area contributed by atoms with Gasteiger partial charge in [0.25, 0.3) is 0 Å². The van der Waals surface area contributed by atoms with Gasteiger partial charge in [-0.1, -0.05) is 0 Å². The molecule has 0 spiro atoms. The molecular weight excluding hydrogens is 204 g/mol. The molecule has 0 bridgehead atoms. The van der Waals surface area contributed by atoms with Gasteiger partial charge in [-0.3, -0.25) is 4.98 Å². The maximum absolute atomic E-state index is 4.54. The number of rotatable bonds is 0. The average molecular weight is 214 g/mol. The lowest BCUT2D eigenvalue weighted by Gasteiger charge is -1.93. The van der Waals surface area contributed by atoms with E-state index in [-0.39, 0.29) is 0 Å². The van der Waals surface area contributed by atoms with E-state index in [0.29, 0.717) is 0 Å². The minimum absolute atomic E-state index is 1.03. The molecule has 0 aliphatic carbocycles. The molecule has 0 fully saturated rings. The second kappa shape index (κ2) is 3.00. The standard InChI is InChI=1S/C12H10N2S/c1-7-5-10-11(13-6-7)12-9(15-10)4-3-8(2)14-12/h3-6H,1-2H3. The molecule has 3 rings (SSSR count). The Morgan fingerprint density at radius 1 is 1.07 bits per heavy atom. The molecule has 15 heavy (non-hydrogen) atoms. The Balaban J connectivity index is 2.53. The largest absolute Gasteiger partial charge is 0.253 e. The van der Waals surface area contributed by atoms with Crippen LogP contribution in [0.15, 0.2) is 24.4 Å². The lowest BCUT2D eigenvalue weighted by Crippen LogP contribution is -1.81. The molecule has 0 atom stereocenters. The summed E-state index contributed by atoms with van der Waals surface area (Å²) < 4.78 is 2.44. The lowest BCUT2D eigenvalue weighted by atomic mass is 10.2. The second-order valence-corrected chi connectivity index (χ2v) is 4.84. The van der Waals surface area contributed by atoms with E-state index in [9.17, 15) is 0 Å². The van der Waals surface area contributed by atoms with Crippen molar-refractivity contribution in [2.45, 2.75) is 13.8 Å². The van der Waals surface area contributed by atoms with Crippen molar-refractivity contribution in [1.29, 1.82) is 0 Å². The first-order valence-electron chi connectivity index (χ1n) is 4.86. The molecule has 0 saturated heterocycles. The summed E-state index contributed by atoms with van der Waals surface area (Å²) >= 11 is 1.76. The van der Waals surface area contributed by atoms with Crippen LogP contribution in [-0.4, -0.2) is 9.97 Å². The third kappa shape index (κ3) is 1.31. The Morgan fingerprint density at radius 2 is 1.93 bits per heavy atom. The van der Waals surface area contributed by atoms with Crippen LogP contribution in [0.4, 0.5) is 0 Å². The van der Waals surface area contributed by atoms with E-state index in [4.69, 9.17) is 0 Å². The first kappa shape index (κ1) is 8.80. The van der Waals surface area contributed by atoms with Gasteiger partial charge in [-0.05, 0) is 37.6 Å². The van der Waals surface area contributed by atoms with Crippen molar-refractivity contribution >= 4 is 31.8 Å². The van der Waals surface area contributed by atoms with Crippen LogP contribution in [0.5, 0.6) is 0 Å². The predicted molar refractivity (Wildman–Crippen MR) is 64.4 cm³/mol. The van der Waals surface area contributed by atoms with Gasteiger partial charge >= 0.3 is 0 Å². The number of hydrogen-bond acceptors (Lipinski definition) is 3. The highest BCUT2D eigenvalue weighted by Gasteiger charge is 2.07. The Labute approximate surface area is 91.6 Å². The van der Waals surface area contributed by atoms with Gasteiger partial charge in [-0.25, -0.2) is 4.98 Å². The molecule has 3 heterocycles. The summed E-state index contributed by atoms with van der Waals surface area (Å²) in [6.07, 6.45) is 1.90. The number of aromatic nitrogens is 2. The minimum Gasteiger partial charge on any atom is -0.253 e. The number of hydrogen-bond donors (Lipinski definition) is 0. The van der Waals surface area contributed by atoms with Crippen LogP contribution in [-0.2, 0) is 0 Å². The van der Waals surface area contributed by atoms with Crippen LogP contribution >= 0.6 is 11.3 Å². The fourth-order valence-electron chi connectivity index (χ4n) is 1.71. The van der Waals surface area contributed by atoms with Gasteiger partial charge in [-0.15, -0.1) is 11.3 Å². The molecule has 3 aromatic rings. The van der Waals surface area contributed by atoms with Gasteiger partial charge in [0.05, 0.1) is 9.40 Å². The first-order valence-corrected chi connectivity index (χ1v) is 5.68. The summed E-state index contributed by atoms with van der Waals surface area (Å²) in [5, 5.41) is 0. The SMILES string of the molecule is Cc1cnc2c(c1)sc1ccc(C)nc12. The first-order chi connectivity index (χ1) is 7.24. The summed E-state index contributed by atoms with van der Waals surface area (Å²) in [4.78, 5) is 9.00. The summed E-state index contributed by atoms with van der Waals surface area (Å²) in [6, 6.07) is 6.34. The topological polar surface area (TPSA) is 25.8 Å². The van der Waals surface area contributed by atoms with Crippen LogP contribution in [0.3, 0.4) is 0 Å². The van der Waals surface area contributed by atoms with Gasteiger partial charge in [0.2, 0.25) is 0 Å². The zero-order chi connectivity index (χ0) is 10.4. The Morgan fingerprint density at radius 3 is 2.80 bits per heavy atom. The van der Waals surface area contributed by atoms with E-state index in [0.717, 1.165) is 16.7 Å². The molecule has 0 radical (unpaired) electrons. The number of aryl methyl sites for hydroxylation is 2. The predicted octanol–water partition coefficient (Wildman–Crippen LogP) is 3.46. The highest BCUT2D eigenvalue weighted by Crippen LogP contribution is 2.31. The second-order valence-electron chi connectivity index (χ2n) is 3.76. The number of nitrogens with zero attached hydrogens (tertiary/aromatic N) is 2. The zero-order valence-corrected chi connectivity index (χ0v) is 9.43. The van der Waals surface area contributed by atoms with Crippen molar-refractivity contribution in [3.8, 4) is 0 Å². The van der Waals surface area contributed by atoms with Crippen LogP contribution < -0.4 is 0 Å². The monoisotopic (exact) mass is 214 g/mol. The van der Waals surface area contributed by atoms with Crippen molar-refractivity contribution < 1.29 is 0 Å². The van der Waals surface area contributed by atoms with Gasteiger partial charge in [0.1, 0.15) is 11.0 Å². The minimum atomic E-state index is 1.03. The fourth-order valence-corrected chi connectivity index (χ4v) is 2.82. The van der Waals surface area contributed by atoms with Gasteiger partial charge in [-0.2, -0.15) is 0 Å². The van der Waals surface area contributed by atoms with Crippen molar-refractivity contribution in [3.63, 3.8) is 0 Å². The fraction of sp³-hybridized carbons (Fsp3) is 0.167. The van der Waals surface area contributed by atoms with Crippen molar-refractivity contribution in [2.24, 2.45) is 0 Å². The summed E-state index contributed by atoms with van der Waals surface area (Å²) in [5.74, 6) is 0. The Bertz CT molecular complexity index is 655. The van der Waals surface area contributed by atoms with E-state index in [1.165, 1.54) is 15.0 Å². The van der Waals surface area contributed by atoms with Crippen molar-refractivity contribution in [1.82, 2.24) is 9.97 Å². The van der Waals surface area contributed by atoms with Crippen LogP contribution in [0.2, 0.25) is 0 Å². The maximum atomic E-state index is 4.54. The van der Waals surface area contributed by atoms with Gasteiger partial charge in [0.15, 0.2) is 0 Å². The highest BCUT2D eigenvalue weighted by atomic mass is 32.1. The summed E-state index contributed by atoms with van der Waals surface area (Å²) in [6.45, 7) is 4.08. The van der Waals surface area contributed by atoms with E-state index in [1.807, 2.05) is 19.2 Å². The molecule has 3 heteroatoms. The molecule has 2 nitrogen and oxygen atoms in total. The molecule has 3 aromatic heterocycles. The van der Waals surface area contributed by atoms with Crippen molar-refractivity contribution in [2.75, 3.05) is 0 Å². The molecule has 0 aliphatic rings. The number of thiophene rings is 1. The van der Waals surface area contributed by atoms with Gasteiger partial charge in [0, 0.05) is 11.9 Å². The van der Waals surface area contributed by atoms with E-state index < -0.39 is 0 Å². The molecule has 0 saturated carbocycles. The smallest absolute Gasteiger partial charge is 0.108 e. The molecule has 0 aliphatic heterocycles. The van der Waals surface area contributed by atoms with Crippen LogP contribution in [0.1, 0.15) is 11.3 Å². The zero-order valence-electron chi connectivity index (χ0n) is 8.61. The number of fused-ring (bicyclic) bond motifs is 3. The molecular formula is C12H10N2S. The highest BCUT2D eigenvalue weighted by molar-refractivity contribution is 7.25. The molecule has 0 unspecified atom stereocenters.